The maximum absolute atomic E-state index is 14.2. The van der Waals surface area contributed by atoms with Crippen molar-refractivity contribution in [1.29, 1.82) is 0 Å². The minimum Gasteiger partial charge on any atom is -0.473 e. The Morgan fingerprint density at radius 2 is 1.98 bits per heavy atom. The lowest BCUT2D eigenvalue weighted by Crippen LogP contribution is -2.33. The Hall–Kier alpha value is -5.10. The van der Waals surface area contributed by atoms with Gasteiger partial charge in [0.2, 0.25) is 5.88 Å². The third-order valence-corrected chi connectivity index (χ3v) is 9.61. The van der Waals surface area contributed by atoms with Gasteiger partial charge in [-0.1, -0.05) is 29.8 Å². The monoisotopic (exact) mass is 691 g/mol. The van der Waals surface area contributed by atoms with E-state index >= 15 is 0 Å². The molecule has 0 aliphatic carbocycles. The van der Waals surface area contributed by atoms with Crippen LogP contribution in [0.3, 0.4) is 0 Å². The number of hydrogen-bond acceptors (Lipinski definition) is 7. The summed E-state index contributed by atoms with van der Waals surface area (Å²) in [5.41, 5.74) is 7.27. The number of fused-ring (bicyclic) bond motifs is 2. The molecule has 6 aromatic rings. The third-order valence-electron chi connectivity index (χ3n) is 9.37. The highest BCUT2D eigenvalue weighted by Crippen LogP contribution is 2.28. The van der Waals surface area contributed by atoms with Gasteiger partial charge in [-0.3, -0.25) is 14.8 Å². The smallest absolute Gasteiger partial charge is 0.255 e. The fraction of sp³-hybridized carbons (Fsp3) is 0.263. The molecule has 3 aromatic heterocycles. The molecule has 2 aliphatic rings. The molecule has 3 aromatic carbocycles. The van der Waals surface area contributed by atoms with Crippen LogP contribution >= 0.6 is 11.6 Å². The summed E-state index contributed by atoms with van der Waals surface area (Å²) in [5.74, 6) is 0.814. The Morgan fingerprint density at radius 1 is 1.10 bits per heavy atom. The Morgan fingerprint density at radius 3 is 2.78 bits per heavy atom. The second-order valence-electron chi connectivity index (χ2n) is 12.8. The molecular formula is C38H35ClFN7O3. The SMILES string of the molecule is Cc1[nH]nc2ccc(C(=O)Nc3ccc4nc(CN5CC=C(c6cccc(OCc7ccc(Cl)cc7F)n6)CC5)n(CC5CCO5)c4c3)cc12. The van der Waals surface area contributed by atoms with Crippen molar-refractivity contribution in [3.63, 3.8) is 0 Å². The van der Waals surface area contributed by atoms with Crippen molar-refractivity contribution in [2.45, 2.75) is 45.6 Å². The van der Waals surface area contributed by atoms with Crippen molar-refractivity contribution in [2.75, 3.05) is 25.0 Å². The molecular weight excluding hydrogens is 657 g/mol. The van der Waals surface area contributed by atoms with Crippen LogP contribution in [0.15, 0.2) is 78.9 Å². The molecule has 2 aliphatic heterocycles. The van der Waals surface area contributed by atoms with E-state index in [2.05, 4.69) is 31.1 Å². The van der Waals surface area contributed by atoms with Crippen molar-refractivity contribution in [1.82, 2.24) is 29.6 Å². The molecule has 1 fully saturated rings. The molecule has 0 radical (unpaired) electrons. The number of imidazole rings is 1. The summed E-state index contributed by atoms with van der Waals surface area (Å²) in [6, 6.07) is 21.6. The zero-order valence-corrected chi connectivity index (χ0v) is 28.2. The first-order valence-corrected chi connectivity index (χ1v) is 17.1. The van der Waals surface area contributed by atoms with Gasteiger partial charge in [0.25, 0.3) is 5.91 Å². The number of amides is 1. The largest absolute Gasteiger partial charge is 0.473 e. The summed E-state index contributed by atoms with van der Waals surface area (Å²) in [6.07, 6.45) is 4.16. The highest BCUT2D eigenvalue weighted by molar-refractivity contribution is 6.30. The van der Waals surface area contributed by atoms with Gasteiger partial charge in [0.1, 0.15) is 18.2 Å². The van der Waals surface area contributed by atoms with E-state index in [-0.39, 0.29) is 18.6 Å². The summed E-state index contributed by atoms with van der Waals surface area (Å²) in [7, 11) is 0. The van der Waals surface area contributed by atoms with E-state index in [1.54, 1.807) is 24.3 Å². The summed E-state index contributed by atoms with van der Waals surface area (Å²) in [4.78, 5) is 25.4. The number of aromatic nitrogens is 5. The minimum atomic E-state index is -0.403. The molecule has 10 nitrogen and oxygen atoms in total. The number of aryl methyl sites for hydroxylation is 1. The first-order valence-electron chi connectivity index (χ1n) is 16.7. The Bertz CT molecular complexity index is 2260. The number of pyridine rings is 1. The van der Waals surface area contributed by atoms with E-state index in [0.29, 0.717) is 40.8 Å². The van der Waals surface area contributed by atoms with Gasteiger partial charge in [0.15, 0.2) is 0 Å². The maximum Gasteiger partial charge on any atom is 0.255 e. The quantitative estimate of drug-likeness (QED) is 0.155. The number of benzene rings is 3. The highest BCUT2D eigenvalue weighted by Gasteiger charge is 2.24. The summed E-state index contributed by atoms with van der Waals surface area (Å²) in [5, 5.41) is 11.6. The minimum absolute atomic E-state index is 0.0645. The van der Waals surface area contributed by atoms with Crippen molar-refractivity contribution in [3.05, 3.63) is 118 Å². The van der Waals surface area contributed by atoms with E-state index < -0.39 is 5.82 Å². The molecule has 5 heterocycles. The fourth-order valence-electron chi connectivity index (χ4n) is 6.44. The van der Waals surface area contributed by atoms with Crippen LogP contribution in [0.2, 0.25) is 5.02 Å². The van der Waals surface area contributed by atoms with Crippen LogP contribution in [0.4, 0.5) is 10.1 Å². The highest BCUT2D eigenvalue weighted by atomic mass is 35.5. The zero-order valence-electron chi connectivity index (χ0n) is 27.5. The second-order valence-corrected chi connectivity index (χ2v) is 13.2. The van der Waals surface area contributed by atoms with Crippen LogP contribution in [0.1, 0.15) is 46.0 Å². The second kappa shape index (κ2) is 13.7. The Labute approximate surface area is 292 Å². The van der Waals surface area contributed by atoms with E-state index in [0.717, 1.165) is 77.3 Å². The summed E-state index contributed by atoms with van der Waals surface area (Å²) in [6.45, 7) is 5.71. The molecule has 1 amide bonds. The van der Waals surface area contributed by atoms with Crippen LogP contribution in [0, 0.1) is 12.7 Å². The summed E-state index contributed by atoms with van der Waals surface area (Å²) >= 11 is 5.88. The van der Waals surface area contributed by atoms with Crippen molar-refractivity contribution in [2.24, 2.45) is 0 Å². The molecule has 0 bridgehead atoms. The number of rotatable bonds is 10. The number of nitrogens with zero attached hydrogens (tertiary/aromatic N) is 5. The number of halogens is 2. The number of H-pyrrole nitrogens is 1. The number of hydrogen-bond donors (Lipinski definition) is 2. The van der Waals surface area contributed by atoms with E-state index in [4.69, 9.17) is 31.0 Å². The first kappa shape index (κ1) is 32.1. The zero-order chi connectivity index (χ0) is 34.2. The maximum atomic E-state index is 14.2. The molecule has 254 valence electrons. The lowest BCUT2D eigenvalue weighted by atomic mass is 10.0. The predicted molar refractivity (Wildman–Crippen MR) is 191 cm³/mol. The van der Waals surface area contributed by atoms with E-state index in [1.165, 1.54) is 6.07 Å². The molecule has 2 N–H and O–H groups in total. The lowest BCUT2D eigenvalue weighted by molar-refractivity contribution is -0.0591. The van der Waals surface area contributed by atoms with Crippen LogP contribution in [-0.4, -0.2) is 61.3 Å². The van der Waals surface area contributed by atoms with Crippen molar-refractivity contribution < 1.29 is 18.7 Å². The fourth-order valence-corrected chi connectivity index (χ4v) is 6.60. The number of carbonyl (C=O) groups excluding carboxylic acids is 1. The number of nitrogens with one attached hydrogen (secondary N) is 2. The van der Waals surface area contributed by atoms with Gasteiger partial charge in [0, 0.05) is 58.7 Å². The number of carbonyl (C=O) groups is 1. The molecule has 0 spiro atoms. The lowest BCUT2D eigenvalue weighted by Gasteiger charge is -2.29. The van der Waals surface area contributed by atoms with Crippen LogP contribution in [0.5, 0.6) is 5.88 Å². The molecule has 1 atom stereocenters. The van der Waals surface area contributed by atoms with Crippen molar-refractivity contribution >= 4 is 50.7 Å². The average Bonchev–Trinajstić information content (AvgIpc) is 3.64. The Kier molecular flexibility index (Phi) is 8.78. The van der Waals surface area contributed by atoms with Crippen LogP contribution < -0.4 is 10.1 Å². The summed E-state index contributed by atoms with van der Waals surface area (Å²) < 4.78 is 28.1. The molecule has 12 heteroatoms. The van der Waals surface area contributed by atoms with Gasteiger partial charge in [-0.15, -0.1) is 0 Å². The van der Waals surface area contributed by atoms with Crippen LogP contribution in [0.25, 0.3) is 27.5 Å². The normalized spacial score (nSPS) is 16.4. The first-order chi connectivity index (χ1) is 24.4. The standard InChI is InChI=1S/C38H35ClFN7O3/c1-23-30-17-25(6-9-33(30)45-44-23)38(48)41-28-8-10-34-35(19-28)47(20-29-13-16-49-29)36(42-34)21-46-14-11-24(12-15-46)32-3-2-4-37(43-32)50-22-26-5-7-27(39)18-31(26)40/h2-11,17-19,29H,12-16,20-22H2,1H3,(H,41,48)(H,44,45). The number of aromatic amines is 1. The average molecular weight is 692 g/mol. The number of anilines is 1. The predicted octanol–water partition coefficient (Wildman–Crippen LogP) is 7.32. The van der Waals surface area contributed by atoms with Gasteiger partial charge in [0.05, 0.1) is 41.4 Å². The van der Waals surface area contributed by atoms with Gasteiger partial charge in [-0.25, -0.2) is 14.4 Å². The van der Waals surface area contributed by atoms with Gasteiger partial charge in [-0.2, -0.15) is 5.10 Å². The molecule has 1 unspecified atom stereocenters. The van der Waals surface area contributed by atoms with Gasteiger partial charge >= 0.3 is 0 Å². The molecule has 1 saturated heterocycles. The number of ether oxygens (including phenoxy) is 2. The van der Waals surface area contributed by atoms with Crippen molar-refractivity contribution in [3.8, 4) is 5.88 Å². The van der Waals surface area contributed by atoms with E-state index in [1.807, 2.05) is 49.4 Å². The molecule has 0 saturated carbocycles. The third kappa shape index (κ3) is 6.72. The van der Waals surface area contributed by atoms with Crippen LogP contribution in [-0.2, 0) is 24.4 Å². The molecule has 50 heavy (non-hydrogen) atoms. The Balaban J connectivity index is 0.966. The molecule has 8 rings (SSSR count). The van der Waals surface area contributed by atoms with E-state index in [9.17, 15) is 9.18 Å². The topological polar surface area (TPSA) is 110 Å². The van der Waals surface area contributed by atoms with Gasteiger partial charge in [-0.05, 0) is 79.9 Å². The van der Waals surface area contributed by atoms with Gasteiger partial charge < -0.3 is 19.4 Å².